The number of carbonyl (C=O) groups is 2. The fourth-order valence-corrected chi connectivity index (χ4v) is 7.62. The first-order valence-electron chi connectivity index (χ1n) is 15.0. The van der Waals surface area contributed by atoms with E-state index in [9.17, 15) is 9.59 Å². The Bertz CT molecular complexity index is 1110. The second kappa shape index (κ2) is 11.0. The molecule has 8 nitrogen and oxygen atoms in total. The number of benzene rings is 1. The van der Waals surface area contributed by atoms with Gasteiger partial charge in [0.25, 0.3) is 0 Å². The Hall–Kier alpha value is -2.10. The van der Waals surface area contributed by atoms with Crippen molar-refractivity contribution in [1.82, 2.24) is 10.6 Å². The van der Waals surface area contributed by atoms with Crippen LogP contribution in [0.4, 0.5) is 0 Å². The molecule has 0 aromatic heterocycles. The second-order valence-corrected chi connectivity index (χ2v) is 14.1. The first kappa shape index (κ1) is 29.4. The quantitative estimate of drug-likeness (QED) is 0.365. The predicted octanol–water partition coefficient (Wildman–Crippen LogP) is 4.34. The molecule has 5 atom stereocenters. The normalized spacial score (nSPS) is 30.2. The van der Waals surface area contributed by atoms with Crippen molar-refractivity contribution in [3.05, 3.63) is 29.3 Å². The third kappa shape index (κ3) is 5.66. The zero-order valence-corrected chi connectivity index (χ0v) is 25.3. The molecule has 2 N–H and O–H groups in total. The van der Waals surface area contributed by atoms with Gasteiger partial charge in [-0.1, -0.05) is 26.0 Å². The highest BCUT2D eigenvalue weighted by molar-refractivity contribution is 6.48. The van der Waals surface area contributed by atoms with Crippen molar-refractivity contribution in [2.75, 3.05) is 20.2 Å². The Balaban J connectivity index is 1.39. The smallest absolute Gasteiger partial charge is 0.482 e. The summed E-state index contributed by atoms with van der Waals surface area (Å²) >= 11 is 0. The third-order valence-corrected chi connectivity index (χ3v) is 9.94. The zero-order chi connectivity index (χ0) is 28.9. The van der Waals surface area contributed by atoms with Gasteiger partial charge in [0.1, 0.15) is 16.9 Å². The lowest BCUT2D eigenvalue weighted by molar-refractivity contribution is -0.199. The van der Waals surface area contributed by atoms with Crippen molar-refractivity contribution in [3.63, 3.8) is 0 Å². The number of piperidine rings is 1. The average Bonchev–Trinajstić information content (AvgIpc) is 3.25. The number of para-hydroxylation sites is 1. The van der Waals surface area contributed by atoms with Gasteiger partial charge < -0.3 is 29.4 Å². The van der Waals surface area contributed by atoms with Gasteiger partial charge in [-0.3, -0.25) is 4.79 Å². The largest absolute Gasteiger partial charge is 0.496 e. The van der Waals surface area contributed by atoms with E-state index < -0.39 is 24.6 Å². The number of amides is 1. The number of nitrogens with one attached hydrogen (secondary N) is 2. The highest BCUT2D eigenvalue weighted by Crippen LogP contribution is 2.65. The summed E-state index contributed by atoms with van der Waals surface area (Å²) in [6.07, 6.45) is 5.03. The molecule has 1 aromatic carbocycles. The van der Waals surface area contributed by atoms with Gasteiger partial charge in [0.05, 0.1) is 24.8 Å². The molecule has 2 heterocycles. The number of methoxy groups -OCH3 is 1. The molecule has 2 bridgehead atoms. The van der Waals surface area contributed by atoms with Crippen LogP contribution < -0.4 is 15.4 Å². The fourth-order valence-electron chi connectivity index (χ4n) is 7.62. The fraction of sp³-hybridized carbons (Fsp3) is 0.742. The zero-order valence-electron chi connectivity index (χ0n) is 25.3. The molecule has 1 amide bonds. The number of esters is 1. The molecule has 2 saturated heterocycles. The second-order valence-electron chi connectivity index (χ2n) is 14.1. The van der Waals surface area contributed by atoms with Crippen LogP contribution in [0.25, 0.3) is 0 Å². The molecule has 3 saturated carbocycles. The number of hydrogen-bond donors (Lipinski definition) is 2. The Morgan fingerprint density at radius 3 is 2.55 bits per heavy atom. The summed E-state index contributed by atoms with van der Waals surface area (Å²) in [7, 11) is 0.974. The first-order valence-corrected chi connectivity index (χ1v) is 15.0. The van der Waals surface area contributed by atoms with Crippen LogP contribution >= 0.6 is 0 Å². The number of hydrogen-bond acceptors (Lipinski definition) is 7. The van der Waals surface area contributed by atoms with Gasteiger partial charge in [-0.15, -0.1) is 0 Å². The standard InChI is InChI=1S/C31H47BN2O6/c1-29(2,3)38-28(36)22-10-8-9-20(27(22)37-7)16-25(34-26(35)15-19-11-13-33-14-12-19)32-39-24-18-21-17-23(30(21,4)5)31(24,6)40-32/h8-10,19,21,23-25,33H,11-18H2,1-7H3,(H,34,35). The molecule has 0 radical (unpaired) electrons. The monoisotopic (exact) mass is 554 g/mol. The van der Waals surface area contributed by atoms with Crippen LogP contribution in [0.1, 0.15) is 89.6 Å². The first-order chi connectivity index (χ1) is 18.8. The summed E-state index contributed by atoms with van der Waals surface area (Å²) < 4.78 is 24.8. The molecular weight excluding hydrogens is 507 g/mol. The van der Waals surface area contributed by atoms with E-state index in [1.165, 1.54) is 0 Å². The van der Waals surface area contributed by atoms with Gasteiger partial charge in [-0.2, -0.15) is 0 Å². The summed E-state index contributed by atoms with van der Waals surface area (Å²) in [5.74, 6) is 1.02. The van der Waals surface area contributed by atoms with E-state index in [2.05, 4.69) is 31.4 Å². The van der Waals surface area contributed by atoms with E-state index in [0.717, 1.165) is 44.3 Å². The topological polar surface area (TPSA) is 95.1 Å². The summed E-state index contributed by atoms with van der Waals surface area (Å²) in [6.45, 7) is 14.3. The van der Waals surface area contributed by atoms with Gasteiger partial charge in [0.2, 0.25) is 5.91 Å². The van der Waals surface area contributed by atoms with Gasteiger partial charge in [-0.25, -0.2) is 4.79 Å². The third-order valence-electron chi connectivity index (χ3n) is 9.94. The van der Waals surface area contributed by atoms with Crippen LogP contribution in [-0.2, 0) is 25.3 Å². The Morgan fingerprint density at radius 1 is 1.18 bits per heavy atom. The summed E-state index contributed by atoms with van der Waals surface area (Å²) in [6, 6.07) is 5.48. The molecule has 5 aliphatic rings. The molecule has 40 heavy (non-hydrogen) atoms. The lowest BCUT2D eigenvalue weighted by Crippen LogP contribution is -2.65. The van der Waals surface area contributed by atoms with Gasteiger partial charge in [0, 0.05) is 6.42 Å². The molecular formula is C31H47BN2O6. The van der Waals surface area contributed by atoms with E-state index in [0.29, 0.717) is 41.9 Å². The van der Waals surface area contributed by atoms with Gasteiger partial charge in [-0.05, 0) is 108 Å². The van der Waals surface area contributed by atoms with Crippen molar-refractivity contribution >= 4 is 19.0 Å². The average molecular weight is 555 g/mol. The number of rotatable bonds is 8. The van der Waals surface area contributed by atoms with Crippen molar-refractivity contribution < 1.29 is 28.4 Å². The van der Waals surface area contributed by atoms with Crippen LogP contribution in [0.5, 0.6) is 5.75 Å². The van der Waals surface area contributed by atoms with Crippen LogP contribution in [0.2, 0.25) is 0 Å². The maximum Gasteiger partial charge on any atom is 0.482 e. The Kier molecular flexibility index (Phi) is 8.05. The van der Waals surface area contributed by atoms with Crippen LogP contribution in [-0.4, -0.2) is 62.4 Å². The molecule has 1 aromatic rings. The highest BCUT2D eigenvalue weighted by atomic mass is 16.7. The van der Waals surface area contributed by atoms with Crippen LogP contribution in [0.15, 0.2) is 18.2 Å². The molecule has 3 aliphatic carbocycles. The molecule has 220 valence electrons. The van der Waals surface area contributed by atoms with E-state index in [4.69, 9.17) is 18.8 Å². The lowest BCUT2D eigenvalue weighted by atomic mass is 9.43. The van der Waals surface area contributed by atoms with E-state index in [1.54, 1.807) is 13.2 Å². The van der Waals surface area contributed by atoms with Crippen molar-refractivity contribution in [2.24, 2.45) is 23.2 Å². The molecule has 6 rings (SSSR count). The molecule has 5 fully saturated rings. The minimum absolute atomic E-state index is 0.00749. The molecule has 5 unspecified atom stereocenters. The van der Waals surface area contributed by atoms with Gasteiger partial charge >= 0.3 is 13.1 Å². The van der Waals surface area contributed by atoms with Crippen molar-refractivity contribution in [2.45, 2.75) is 103 Å². The van der Waals surface area contributed by atoms with E-state index >= 15 is 0 Å². The lowest BCUT2D eigenvalue weighted by Gasteiger charge is -2.64. The van der Waals surface area contributed by atoms with Gasteiger partial charge in [0.15, 0.2) is 0 Å². The van der Waals surface area contributed by atoms with Crippen molar-refractivity contribution in [1.29, 1.82) is 0 Å². The van der Waals surface area contributed by atoms with Crippen LogP contribution in [0.3, 0.4) is 0 Å². The van der Waals surface area contributed by atoms with E-state index in [-0.39, 0.29) is 23.0 Å². The summed E-state index contributed by atoms with van der Waals surface area (Å²) in [5, 5.41) is 6.66. The molecule has 0 spiro atoms. The minimum Gasteiger partial charge on any atom is -0.496 e. The van der Waals surface area contributed by atoms with Crippen LogP contribution in [0, 0.1) is 23.2 Å². The molecule has 9 heteroatoms. The summed E-state index contributed by atoms with van der Waals surface area (Å²) in [5.41, 5.74) is 0.377. The minimum atomic E-state index is -0.630. The number of ether oxygens (including phenoxy) is 2. The highest BCUT2D eigenvalue weighted by Gasteiger charge is 2.68. The van der Waals surface area contributed by atoms with E-state index in [1.807, 2.05) is 32.9 Å². The summed E-state index contributed by atoms with van der Waals surface area (Å²) in [4.78, 5) is 26.4. The molecule has 2 aliphatic heterocycles. The maximum absolute atomic E-state index is 13.4. The maximum atomic E-state index is 13.4. The Labute approximate surface area is 239 Å². The predicted molar refractivity (Wildman–Crippen MR) is 154 cm³/mol. The Morgan fingerprint density at radius 2 is 1.90 bits per heavy atom. The SMILES string of the molecule is COc1c(CC(NC(=O)CC2CCNCC2)B2OC3CC4CC(C4(C)C)C3(C)O2)cccc1C(=O)OC(C)(C)C. The van der Waals surface area contributed by atoms with Crippen molar-refractivity contribution in [3.8, 4) is 5.75 Å². The number of carbonyl (C=O) groups excluding carboxylic acids is 2.